The summed E-state index contributed by atoms with van der Waals surface area (Å²) in [5.74, 6) is 1.83. The molecule has 4 heteroatoms. The third kappa shape index (κ3) is 1.96. The van der Waals surface area contributed by atoms with E-state index in [2.05, 4.69) is 0 Å². The van der Waals surface area contributed by atoms with Crippen molar-refractivity contribution in [2.24, 2.45) is 0 Å². The summed E-state index contributed by atoms with van der Waals surface area (Å²) in [5.41, 5.74) is 2.79. The predicted molar refractivity (Wildman–Crippen MR) is 77.8 cm³/mol. The lowest BCUT2D eigenvalue weighted by atomic mass is 10.0. The maximum atomic E-state index is 11.4. The highest BCUT2D eigenvalue weighted by Crippen LogP contribution is 2.36. The molecule has 21 heavy (non-hydrogen) atoms. The molecule has 0 unspecified atom stereocenters. The fourth-order valence-electron chi connectivity index (χ4n) is 2.47. The Morgan fingerprint density at radius 1 is 0.952 bits per heavy atom. The van der Waals surface area contributed by atoms with E-state index in [1.165, 1.54) is 6.92 Å². The van der Waals surface area contributed by atoms with Gasteiger partial charge in [-0.3, -0.25) is 4.79 Å². The van der Waals surface area contributed by atoms with Crippen molar-refractivity contribution in [2.45, 2.75) is 6.92 Å². The molecule has 4 nitrogen and oxygen atoms in total. The zero-order valence-corrected chi connectivity index (χ0v) is 11.4. The summed E-state index contributed by atoms with van der Waals surface area (Å²) in [7, 11) is 0. The van der Waals surface area contributed by atoms with E-state index in [9.17, 15) is 4.79 Å². The highest BCUT2D eigenvalue weighted by Gasteiger charge is 2.14. The zero-order chi connectivity index (χ0) is 14.4. The summed E-state index contributed by atoms with van der Waals surface area (Å²) in [6.07, 6.45) is 0. The van der Waals surface area contributed by atoms with Gasteiger partial charge in [-0.25, -0.2) is 0 Å². The Morgan fingerprint density at radius 3 is 2.57 bits per heavy atom. The molecule has 3 aromatic rings. The van der Waals surface area contributed by atoms with Crippen LogP contribution in [0.3, 0.4) is 0 Å². The largest absolute Gasteiger partial charge is 0.454 e. The maximum Gasteiger partial charge on any atom is 0.231 e. The van der Waals surface area contributed by atoms with Gasteiger partial charge in [0.25, 0.3) is 0 Å². The van der Waals surface area contributed by atoms with E-state index >= 15 is 0 Å². The number of benzene rings is 2. The van der Waals surface area contributed by atoms with E-state index < -0.39 is 0 Å². The molecule has 0 radical (unpaired) electrons. The minimum absolute atomic E-state index is 0.0733. The number of Topliss-reactive ketones (excluding diaryl/α,β-unsaturated/α-hetero) is 1. The average molecular weight is 280 g/mol. The normalized spacial score (nSPS) is 12.8. The number of hydrogen-bond acceptors (Lipinski definition) is 4. The summed E-state index contributed by atoms with van der Waals surface area (Å²) >= 11 is 0. The van der Waals surface area contributed by atoms with Crippen LogP contribution in [0.2, 0.25) is 0 Å². The number of fused-ring (bicyclic) bond motifs is 2. The van der Waals surface area contributed by atoms with E-state index in [4.69, 9.17) is 13.9 Å². The van der Waals surface area contributed by atoms with E-state index in [0.29, 0.717) is 11.3 Å². The SMILES string of the molecule is CC(=O)c1cc2cc(-c3ccc4c(c3)OCO4)ccc2o1. The van der Waals surface area contributed by atoms with E-state index in [1.54, 1.807) is 6.07 Å². The van der Waals surface area contributed by atoms with Gasteiger partial charge in [0.15, 0.2) is 23.0 Å². The Bertz CT molecular complexity index is 860. The van der Waals surface area contributed by atoms with Crippen LogP contribution in [-0.4, -0.2) is 12.6 Å². The van der Waals surface area contributed by atoms with Crippen LogP contribution in [0, 0.1) is 0 Å². The van der Waals surface area contributed by atoms with Crippen molar-refractivity contribution >= 4 is 16.8 Å². The molecule has 0 saturated carbocycles. The molecule has 0 spiro atoms. The molecule has 1 aliphatic heterocycles. The van der Waals surface area contributed by atoms with Crippen molar-refractivity contribution in [3.05, 3.63) is 48.2 Å². The smallest absolute Gasteiger partial charge is 0.231 e. The highest BCUT2D eigenvalue weighted by molar-refractivity contribution is 5.96. The first-order chi connectivity index (χ1) is 10.2. The van der Waals surface area contributed by atoms with Crippen molar-refractivity contribution < 1.29 is 18.7 Å². The number of carbonyl (C=O) groups excluding carboxylic acids is 1. The molecule has 0 N–H and O–H groups in total. The second-order valence-corrected chi connectivity index (χ2v) is 4.99. The molecule has 0 saturated heterocycles. The first-order valence-corrected chi connectivity index (χ1v) is 6.65. The number of rotatable bonds is 2. The van der Waals surface area contributed by atoms with Crippen LogP contribution < -0.4 is 9.47 Å². The minimum Gasteiger partial charge on any atom is -0.454 e. The minimum atomic E-state index is -0.0733. The van der Waals surface area contributed by atoms with Crippen molar-refractivity contribution in [3.63, 3.8) is 0 Å². The average Bonchev–Trinajstić information content (AvgIpc) is 3.12. The summed E-state index contributed by atoms with van der Waals surface area (Å²) in [6, 6.07) is 13.5. The fourth-order valence-corrected chi connectivity index (χ4v) is 2.47. The molecule has 0 fully saturated rings. The third-order valence-electron chi connectivity index (χ3n) is 3.57. The van der Waals surface area contributed by atoms with Crippen molar-refractivity contribution in [1.29, 1.82) is 0 Å². The predicted octanol–water partition coefficient (Wildman–Crippen LogP) is 4.03. The Morgan fingerprint density at radius 2 is 1.71 bits per heavy atom. The van der Waals surface area contributed by atoms with Gasteiger partial charge in [0, 0.05) is 12.3 Å². The van der Waals surface area contributed by atoms with Crippen molar-refractivity contribution in [2.75, 3.05) is 6.79 Å². The second-order valence-electron chi connectivity index (χ2n) is 4.99. The quantitative estimate of drug-likeness (QED) is 0.665. The van der Waals surface area contributed by atoms with Gasteiger partial charge in [-0.05, 0) is 41.5 Å². The second kappa shape index (κ2) is 4.38. The molecule has 4 rings (SSSR count). The van der Waals surface area contributed by atoms with Gasteiger partial charge < -0.3 is 13.9 Å². The van der Waals surface area contributed by atoms with Crippen LogP contribution >= 0.6 is 0 Å². The number of furan rings is 1. The molecular weight excluding hydrogens is 268 g/mol. The van der Waals surface area contributed by atoms with Gasteiger partial charge in [-0.15, -0.1) is 0 Å². The van der Waals surface area contributed by atoms with E-state index in [0.717, 1.165) is 28.0 Å². The number of ketones is 1. The lowest BCUT2D eigenvalue weighted by Gasteiger charge is -2.03. The maximum absolute atomic E-state index is 11.4. The van der Waals surface area contributed by atoms with Crippen LogP contribution in [0.4, 0.5) is 0 Å². The number of hydrogen-bond donors (Lipinski definition) is 0. The van der Waals surface area contributed by atoms with Gasteiger partial charge in [0.05, 0.1) is 0 Å². The van der Waals surface area contributed by atoms with E-state index in [-0.39, 0.29) is 12.6 Å². The summed E-state index contributed by atoms with van der Waals surface area (Å²) in [4.78, 5) is 11.4. The van der Waals surface area contributed by atoms with Crippen molar-refractivity contribution in [3.8, 4) is 22.6 Å². The molecule has 2 heterocycles. The molecule has 0 aliphatic carbocycles. The lowest BCUT2D eigenvalue weighted by molar-refractivity contribution is 0.0989. The third-order valence-corrected chi connectivity index (χ3v) is 3.57. The van der Waals surface area contributed by atoms with Crippen LogP contribution in [0.25, 0.3) is 22.1 Å². The topological polar surface area (TPSA) is 48.7 Å². The van der Waals surface area contributed by atoms with Gasteiger partial charge in [0.1, 0.15) is 5.58 Å². The summed E-state index contributed by atoms with van der Waals surface area (Å²) in [5, 5.41) is 0.912. The van der Waals surface area contributed by atoms with Crippen LogP contribution in [0.1, 0.15) is 17.5 Å². The molecule has 1 aliphatic rings. The molecular formula is C17H12O4. The Hall–Kier alpha value is -2.75. The van der Waals surface area contributed by atoms with Crippen LogP contribution in [-0.2, 0) is 0 Å². The molecule has 0 amide bonds. The molecule has 1 aromatic heterocycles. The van der Waals surface area contributed by atoms with Gasteiger partial charge in [-0.2, -0.15) is 0 Å². The number of carbonyl (C=O) groups is 1. The molecule has 0 bridgehead atoms. The van der Waals surface area contributed by atoms with Crippen molar-refractivity contribution in [1.82, 2.24) is 0 Å². The fraction of sp³-hybridized carbons (Fsp3) is 0.118. The van der Waals surface area contributed by atoms with Crippen LogP contribution in [0.15, 0.2) is 46.9 Å². The van der Waals surface area contributed by atoms with Gasteiger partial charge in [0.2, 0.25) is 6.79 Å². The Balaban J connectivity index is 1.81. The molecule has 0 atom stereocenters. The first-order valence-electron chi connectivity index (χ1n) is 6.65. The standard InChI is InChI=1S/C17H12O4/c1-10(18)16-8-13-6-11(2-4-14(13)21-16)12-3-5-15-17(7-12)20-9-19-15/h2-8H,9H2,1H3. The Labute approximate surface area is 120 Å². The molecule has 104 valence electrons. The Kier molecular flexibility index (Phi) is 2.51. The van der Waals surface area contributed by atoms with Crippen LogP contribution in [0.5, 0.6) is 11.5 Å². The first kappa shape index (κ1) is 12.0. The van der Waals surface area contributed by atoms with E-state index in [1.807, 2.05) is 36.4 Å². The van der Waals surface area contributed by atoms with Gasteiger partial charge in [-0.1, -0.05) is 12.1 Å². The summed E-state index contributed by atoms with van der Waals surface area (Å²) < 4.78 is 16.2. The molecule has 2 aromatic carbocycles. The monoisotopic (exact) mass is 280 g/mol. The lowest BCUT2D eigenvalue weighted by Crippen LogP contribution is -1.92. The number of ether oxygens (including phenoxy) is 2. The zero-order valence-electron chi connectivity index (χ0n) is 11.4. The summed E-state index contributed by atoms with van der Waals surface area (Å²) in [6.45, 7) is 1.76. The van der Waals surface area contributed by atoms with Gasteiger partial charge >= 0.3 is 0 Å². The highest BCUT2D eigenvalue weighted by atomic mass is 16.7.